The lowest BCUT2D eigenvalue weighted by molar-refractivity contribution is -0.133. The topological polar surface area (TPSA) is 67.4 Å². The molecule has 2 aliphatic carbocycles. The molecule has 2 saturated carbocycles. The van der Waals surface area contributed by atoms with Crippen LogP contribution in [0.5, 0.6) is 0 Å². The summed E-state index contributed by atoms with van der Waals surface area (Å²) in [4.78, 5) is 14.2. The molecular formula is C15H20N4O2. The SMILES string of the molecule is O=C(NC1CC1)C1CN(c2ccc(C3CC3)nn2)CCO1. The maximum Gasteiger partial charge on any atom is 0.251 e. The van der Waals surface area contributed by atoms with E-state index in [1.807, 2.05) is 6.07 Å². The first-order chi connectivity index (χ1) is 10.3. The van der Waals surface area contributed by atoms with E-state index in [4.69, 9.17) is 4.74 Å². The van der Waals surface area contributed by atoms with E-state index < -0.39 is 6.10 Å². The Morgan fingerprint density at radius 1 is 1.24 bits per heavy atom. The third kappa shape index (κ3) is 3.00. The summed E-state index contributed by atoms with van der Waals surface area (Å²) >= 11 is 0. The monoisotopic (exact) mass is 288 g/mol. The number of carbonyl (C=O) groups excluding carboxylic acids is 1. The van der Waals surface area contributed by atoms with Crippen LogP contribution in [0.4, 0.5) is 5.82 Å². The van der Waals surface area contributed by atoms with E-state index in [1.54, 1.807) is 0 Å². The van der Waals surface area contributed by atoms with Gasteiger partial charge in [-0.1, -0.05) is 0 Å². The van der Waals surface area contributed by atoms with Gasteiger partial charge >= 0.3 is 0 Å². The average molecular weight is 288 g/mol. The highest BCUT2D eigenvalue weighted by atomic mass is 16.5. The summed E-state index contributed by atoms with van der Waals surface area (Å²) in [6.45, 7) is 1.86. The van der Waals surface area contributed by atoms with Crippen LogP contribution in [0.2, 0.25) is 0 Å². The Kier molecular flexibility index (Phi) is 3.25. The number of nitrogens with one attached hydrogen (secondary N) is 1. The summed E-state index contributed by atoms with van der Waals surface area (Å²) in [5.74, 6) is 1.46. The van der Waals surface area contributed by atoms with Crippen molar-refractivity contribution in [3.63, 3.8) is 0 Å². The van der Waals surface area contributed by atoms with Crippen molar-refractivity contribution in [2.24, 2.45) is 0 Å². The van der Waals surface area contributed by atoms with Crippen LogP contribution in [0.15, 0.2) is 12.1 Å². The molecule has 1 N–H and O–H groups in total. The van der Waals surface area contributed by atoms with Crippen LogP contribution in [0, 0.1) is 0 Å². The van der Waals surface area contributed by atoms with Crippen LogP contribution >= 0.6 is 0 Å². The minimum Gasteiger partial charge on any atom is -0.365 e. The highest BCUT2D eigenvalue weighted by Crippen LogP contribution is 2.38. The van der Waals surface area contributed by atoms with Gasteiger partial charge < -0.3 is 15.0 Å². The summed E-state index contributed by atoms with van der Waals surface area (Å²) in [5.41, 5.74) is 1.09. The minimum absolute atomic E-state index is 0.00441. The van der Waals surface area contributed by atoms with Crippen molar-refractivity contribution in [2.75, 3.05) is 24.6 Å². The van der Waals surface area contributed by atoms with Crippen LogP contribution in [0.1, 0.15) is 37.3 Å². The van der Waals surface area contributed by atoms with Crippen LogP contribution in [0.3, 0.4) is 0 Å². The average Bonchev–Trinajstić information content (AvgIpc) is 3.41. The molecular weight excluding hydrogens is 268 g/mol. The summed E-state index contributed by atoms with van der Waals surface area (Å²) in [6.07, 6.45) is 4.25. The quantitative estimate of drug-likeness (QED) is 0.889. The van der Waals surface area contributed by atoms with Crippen LogP contribution in [0.25, 0.3) is 0 Å². The first-order valence-corrected chi connectivity index (χ1v) is 7.80. The number of hydrogen-bond acceptors (Lipinski definition) is 5. The molecule has 3 fully saturated rings. The molecule has 4 rings (SSSR count). The largest absolute Gasteiger partial charge is 0.365 e. The molecule has 6 heteroatoms. The van der Waals surface area contributed by atoms with E-state index in [-0.39, 0.29) is 5.91 Å². The Morgan fingerprint density at radius 2 is 2.10 bits per heavy atom. The van der Waals surface area contributed by atoms with Gasteiger partial charge in [0.15, 0.2) is 11.9 Å². The maximum absolute atomic E-state index is 12.1. The minimum atomic E-state index is -0.399. The van der Waals surface area contributed by atoms with Crippen LogP contribution in [-0.4, -0.2) is 47.9 Å². The van der Waals surface area contributed by atoms with E-state index >= 15 is 0 Å². The van der Waals surface area contributed by atoms with Crippen molar-refractivity contribution in [3.8, 4) is 0 Å². The zero-order chi connectivity index (χ0) is 14.2. The van der Waals surface area contributed by atoms with E-state index in [0.717, 1.165) is 30.9 Å². The number of rotatable bonds is 4. The third-order valence-corrected chi connectivity index (χ3v) is 4.27. The molecule has 6 nitrogen and oxygen atoms in total. The predicted molar refractivity (Wildman–Crippen MR) is 77.1 cm³/mol. The summed E-state index contributed by atoms with van der Waals surface area (Å²) in [5, 5.41) is 11.6. The Morgan fingerprint density at radius 3 is 2.76 bits per heavy atom. The first-order valence-electron chi connectivity index (χ1n) is 7.80. The Balaban J connectivity index is 1.40. The number of hydrogen-bond donors (Lipinski definition) is 1. The number of ether oxygens (including phenoxy) is 1. The lowest BCUT2D eigenvalue weighted by atomic mass is 10.2. The molecule has 1 atom stereocenters. The molecule has 1 saturated heterocycles. The fraction of sp³-hybridized carbons (Fsp3) is 0.667. The fourth-order valence-corrected chi connectivity index (χ4v) is 2.64. The van der Waals surface area contributed by atoms with Gasteiger partial charge in [-0.25, -0.2) is 0 Å². The molecule has 21 heavy (non-hydrogen) atoms. The van der Waals surface area contributed by atoms with Gasteiger partial charge in [0.2, 0.25) is 0 Å². The third-order valence-electron chi connectivity index (χ3n) is 4.27. The van der Waals surface area contributed by atoms with Crippen molar-refractivity contribution in [1.82, 2.24) is 15.5 Å². The van der Waals surface area contributed by atoms with Crippen molar-refractivity contribution in [3.05, 3.63) is 17.8 Å². The van der Waals surface area contributed by atoms with Crippen molar-refractivity contribution >= 4 is 11.7 Å². The highest BCUT2D eigenvalue weighted by molar-refractivity contribution is 5.82. The maximum atomic E-state index is 12.1. The molecule has 0 aromatic carbocycles. The summed E-state index contributed by atoms with van der Waals surface area (Å²) in [6, 6.07) is 4.45. The van der Waals surface area contributed by atoms with E-state index in [0.29, 0.717) is 25.1 Å². The van der Waals surface area contributed by atoms with Gasteiger partial charge in [-0.05, 0) is 37.8 Å². The normalized spacial score (nSPS) is 25.7. The van der Waals surface area contributed by atoms with E-state index in [2.05, 4.69) is 26.5 Å². The second-order valence-electron chi connectivity index (χ2n) is 6.18. The number of aromatic nitrogens is 2. The zero-order valence-corrected chi connectivity index (χ0v) is 12.0. The Bertz CT molecular complexity index is 525. The molecule has 1 aliphatic heterocycles. The number of anilines is 1. The van der Waals surface area contributed by atoms with Gasteiger partial charge in [0.25, 0.3) is 5.91 Å². The number of carbonyl (C=O) groups is 1. The van der Waals surface area contributed by atoms with E-state index in [1.165, 1.54) is 12.8 Å². The van der Waals surface area contributed by atoms with Gasteiger partial charge in [-0.2, -0.15) is 5.10 Å². The van der Waals surface area contributed by atoms with Gasteiger partial charge in [-0.15, -0.1) is 5.10 Å². The smallest absolute Gasteiger partial charge is 0.251 e. The molecule has 0 spiro atoms. The zero-order valence-electron chi connectivity index (χ0n) is 12.0. The van der Waals surface area contributed by atoms with E-state index in [9.17, 15) is 4.79 Å². The second kappa shape index (κ2) is 5.26. The molecule has 112 valence electrons. The molecule has 3 aliphatic rings. The number of morpholine rings is 1. The lowest BCUT2D eigenvalue weighted by Crippen LogP contribution is -2.50. The molecule has 1 aromatic rings. The molecule has 0 bridgehead atoms. The van der Waals surface area contributed by atoms with Gasteiger partial charge in [0.1, 0.15) is 0 Å². The van der Waals surface area contributed by atoms with Crippen molar-refractivity contribution < 1.29 is 9.53 Å². The van der Waals surface area contributed by atoms with Gasteiger partial charge in [0, 0.05) is 18.5 Å². The second-order valence-corrected chi connectivity index (χ2v) is 6.18. The van der Waals surface area contributed by atoms with Crippen LogP contribution in [-0.2, 0) is 9.53 Å². The molecule has 1 unspecified atom stereocenters. The predicted octanol–water partition coefficient (Wildman–Crippen LogP) is 0.838. The number of nitrogens with zero attached hydrogens (tertiary/aromatic N) is 3. The summed E-state index contributed by atoms with van der Waals surface area (Å²) in [7, 11) is 0. The van der Waals surface area contributed by atoms with Crippen molar-refractivity contribution in [2.45, 2.75) is 43.7 Å². The van der Waals surface area contributed by atoms with Crippen molar-refractivity contribution in [1.29, 1.82) is 0 Å². The number of amides is 1. The lowest BCUT2D eigenvalue weighted by Gasteiger charge is -2.32. The first kappa shape index (κ1) is 13.0. The highest BCUT2D eigenvalue weighted by Gasteiger charge is 2.32. The van der Waals surface area contributed by atoms with Gasteiger partial charge in [0.05, 0.1) is 18.8 Å². The molecule has 0 radical (unpaired) electrons. The Hall–Kier alpha value is -1.69. The Labute approximate surface area is 123 Å². The molecule has 2 heterocycles. The van der Waals surface area contributed by atoms with Gasteiger partial charge in [-0.3, -0.25) is 4.79 Å². The standard InChI is InChI=1S/C15H20N4O2/c20-15(16-11-3-4-11)13-9-19(7-8-21-13)14-6-5-12(17-18-14)10-1-2-10/h5-6,10-11,13H,1-4,7-9H2,(H,16,20). The fourth-order valence-electron chi connectivity index (χ4n) is 2.64. The van der Waals surface area contributed by atoms with Crippen LogP contribution < -0.4 is 10.2 Å². The summed E-state index contributed by atoms with van der Waals surface area (Å²) < 4.78 is 5.59. The molecule has 1 aromatic heterocycles. The molecule has 1 amide bonds.